The Balaban J connectivity index is 1.95. The van der Waals surface area contributed by atoms with Crippen molar-refractivity contribution < 1.29 is 19.1 Å². The molecule has 0 unspecified atom stereocenters. The van der Waals surface area contributed by atoms with E-state index in [4.69, 9.17) is 22.1 Å². The van der Waals surface area contributed by atoms with Gasteiger partial charge in [0, 0.05) is 5.56 Å². The number of carbonyl (C=O) groups excluding carboxylic acids is 3. The molecule has 0 fully saturated rings. The molecule has 0 aliphatic rings. The third-order valence-corrected chi connectivity index (χ3v) is 3.32. The van der Waals surface area contributed by atoms with E-state index in [1.807, 2.05) is 0 Å². The van der Waals surface area contributed by atoms with Crippen molar-refractivity contribution in [3.63, 3.8) is 0 Å². The van der Waals surface area contributed by atoms with E-state index in [0.717, 1.165) is 0 Å². The topological polar surface area (TPSA) is 123 Å². The van der Waals surface area contributed by atoms with Crippen molar-refractivity contribution in [3.8, 4) is 5.75 Å². The summed E-state index contributed by atoms with van der Waals surface area (Å²) in [7, 11) is 0. The van der Waals surface area contributed by atoms with Gasteiger partial charge in [-0.3, -0.25) is 14.4 Å². The highest BCUT2D eigenvalue weighted by molar-refractivity contribution is 6.41. The summed E-state index contributed by atoms with van der Waals surface area (Å²) in [5, 5.41) is 6.37. The largest absolute Gasteiger partial charge is 0.483 e. The van der Waals surface area contributed by atoms with Crippen LogP contribution in [-0.2, 0) is 14.4 Å². The fraction of sp³-hybridized carbons (Fsp3) is 0.0588. The number of anilines is 1. The Labute approximate surface area is 154 Å². The maximum atomic E-state index is 11.8. The molecule has 0 aliphatic carbocycles. The quantitative estimate of drug-likeness (QED) is 0.400. The molecule has 2 aromatic carbocycles. The first-order valence-electron chi connectivity index (χ1n) is 7.36. The van der Waals surface area contributed by atoms with Crippen molar-refractivity contribution >= 4 is 41.2 Å². The van der Waals surface area contributed by atoms with Crippen molar-refractivity contribution in [1.82, 2.24) is 5.43 Å². The number of amides is 3. The fourth-order valence-corrected chi connectivity index (χ4v) is 2.00. The summed E-state index contributed by atoms with van der Waals surface area (Å²) < 4.78 is 5.22. The number of nitrogens with zero attached hydrogens (tertiary/aromatic N) is 1. The number of carbonyl (C=O) groups is 3. The van der Waals surface area contributed by atoms with Crippen molar-refractivity contribution in [3.05, 3.63) is 59.1 Å². The van der Waals surface area contributed by atoms with Gasteiger partial charge in [0.2, 0.25) is 0 Å². The minimum atomic E-state index is -0.975. The second-order valence-electron chi connectivity index (χ2n) is 4.93. The summed E-state index contributed by atoms with van der Waals surface area (Å²) in [5.74, 6) is -2.17. The standard InChI is InChI=1S/C17H15ClN4O4/c18-12-6-2-3-7-13(12)21-16(24)17(25)22-20-9-11-5-1-4-8-14(11)26-10-15(19)23/h1-9H,10H2,(H2,19,23)(H,21,24)(H,22,25)/b20-9-. The van der Waals surface area contributed by atoms with Crippen LogP contribution in [0.4, 0.5) is 5.69 Å². The van der Waals surface area contributed by atoms with Gasteiger partial charge in [-0.25, -0.2) is 5.43 Å². The predicted molar refractivity (Wildman–Crippen MR) is 96.9 cm³/mol. The molecule has 9 heteroatoms. The average molecular weight is 375 g/mol. The number of benzene rings is 2. The molecule has 0 spiro atoms. The summed E-state index contributed by atoms with van der Waals surface area (Å²) >= 11 is 5.90. The summed E-state index contributed by atoms with van der Waals surface area (Å²) in [6, 6.07) is 13.2. The Bertz CT molecular complexity index is 854. The summed E-state index contributed by atoms with van der Waals surface area (Å²) in [4.78, 5) is 34.4. The molecule has 0 saturated carbocycles. The Kier molecular flexibility index (Phi) is 6.69. The summed E-state index contributed by atoms with van der Waals surface area (Å²) in [5.41, 5.74) is 7.92. The number of hydrogen-bond acceptors (Lipinski definition) is 5. The highest BCUT2D eigenvalue weighted by atomic mass is 35.5. The second-order valence-corrected chi connectivity index (χ2v) is 5.33. The van der Waals surface area contributed by atoms with Crippen molar-refractivity contribution in [2.24, 2.45) is 10.8 Å². The third kappa shape index (κ3) is 5.60. The molecule has 2 rings (SSSR count). The molecule has 0 saturated heterocycles. The summed E-state index contributed by atoms with van der Waals surface area (Å²) in [6.07, 6.45) is 1.27. The van der Waals surface area contributed by atoms with Crippen molar-refractivity contribution in [2.75, 3.05) is 11.9 Å². The first-order valence-corrected chi connectivity index (χ1v) is 7.74. The van der Waals surface area contributed by atoms with E-state index in [1.165, 1.54) is 6.21 Å². The van der Waals surface area contributed by atoms with Gasteiger partial charge in [-0.2, -0.15) is 5.10 Å². The molecule has 0 aliphatic heterocycles. The molecule has 2 aromatic rings. The second kappa shape index (κ2) is 9.19. The predicted octanol–water partition coefficient (Wildman–Crippen LogP) is 1.29. The minimum Gasteiger partial charge on any atom is -0.483 e. The van der Waals surface area contributed by atoms with Gasteiger partial charge in [-0.05, 0) is 24.3 Å². The van der Waals surface area contributed by atoms with Crippen LogP contribution in [0.1, 0.15) is 5.56 Å². The Morgan fingerprint density at radius 2 is 1.77 bits per heavy atom. The molecule has 134 valence electrons. The zero-order valence-corrected chi connectivity index (χ0v) is 14.2. The van der Waals surface area contributed by atoms with Crippen LogP contribution in [0.2, 0.25) is 5.02 Å². The van der Waals surface area contributed by atoms with Crippen LogP contribution in [0, 0.1) is 0 Å². The van der Waals surface area contributed by atoms with Crippen LogP contribution < -0.4 is 21.2 Å². The first-order chi connectivity index (χ1) is 12.5. The summed E-state index contributed by atoms with van der Waals surface area (Å²) in [6.45, 7) is -0.294. The van der Waals surface area contributed by atoms with E-state index in [2.05, 4.69) is 15.8 Å². The molecular formula is C17H15ClN4O4. The van der Waals surface area contributed by atoms with E-state index >= 15 is 0 Å². The van der Waals surface area contributed by atoms with Crippen LogP contribution in [0.5, 0.6) is 5.75 Å². The molecule has 4 N–H and O–H groups in total. The Morgan fingerprint density at radius 3 is 2.50 bits per heavy atom. The number of nitrogens with two attached hydrogens (primary N) is 1. The Hall–Kier alpha value is -3.39. The zero-order valence-electron chi connectivity index (χ0n) is 13.4. The van der Waals surface area contributed by atoms with Crippen LogP contribution in [0.25, 0.3) is 0 Å². The number of rotatable bonds is 6. The van der Waals surface area contributed by atoms with Gasteiger partial charge < -0.3 is 15.8 Å². The number of hydrogen-bond donors (Lipinski definition) is 3. The Morgan fingerprint density at radius 1 is 1.08 bits per heavy atom. The van der Waals surface area contributed by atoms with Gasteiger partial charge in [-0.15, -0.1) is 0 Å². The number of halogens is 1. The van der Waals surface area contributed by atoms with Gasteiger partial charge in [0.05, 0.1) is 16.9 Å². The lowest BCUT2D eigenvalue weighted by Crippen LogP contribution is -2.32. The molecule has 0 atom stereocenters. The van der Waals surface area contributed by atoms with Crippen molar-refractivity contribution in [2.45, 2.75) is 0 Å². The first kappa shape index (κ1) is 18.9. The smallest absolute Gasteiger partial charge is 0.329 e. The van der Waals surface area contributed by atoms with Gasteiger partial charge >= 0.3 is 11.8 Å². The van der Waals surface area contributed by atoms with Crippen molar-refractivity contribution in [1.29, 1.82) is 0 Å². The highest BCUT2D eigenvalue weighted by Gasteiger charge is 2.14. The van der Waals surface area contributed by atoms with Crippen LogP contribution in [0.3, 0.4) is 0 Å². The monoisotopic (exact) mass is 374 g/mol. The zero-order chi connectivity index (χ0) is 18.9. The normalized spacial score (nSPS) is 10.3. The number of ether oxygens (including phenoxy) is 1. The van der Waals surface area contributed by atoms with Crippen LogP contribution >= 0.6 is 11.6 Å². The van der Waals surface area contributed by atoms with Gasteiger partial charge in [0.25, 0.3) is 5.91 Å². The number of hydrazone groups is 1. The molecular weight excluding hydrogens is 360 g/mol. The molecule has 0 radical (unpaired) electrons. The van der Waals surface area contributed by atoms with Gasteiger partial charge in [0.15, 0.2) is 6.61 Å². The SMILES string of the molecule is NC(=O)COc1ccccc1/C=N\NC(=O)C(=O)Nc1ccccc1Cl. The lowest BCUT2D eigenvalue weighted by atomic mass is 10.2. The van der Waals surface area contributed by atoms with Crippen LogP contribution in [-0.4, -0.2) is 30.5 Å². The molecule has 0 bridgehead atoms. The molecule has 8 nitrogen and oxygen atoms in total. The molecule has 0 heterocycles. The maximum absolute atomic E-state index is 11.8. The number of para-hydroxylation sites is 2. The third-order valence-electron chi connectivity index (χ3n) is 2.99. The molecule has 3 amide bonds. The average Bonchev–Trinajstić information content (AvgIpc) is 2.62. The lowest BCUT2D eigenvalue weighted by molar-refractivity contribution is -0.136. The maximum Gasteiger partial charge on any atom is 0.329 e. The van der Waals surface area contributed by atoms with Gasteiger partial charge in [-0.1, -0.05) is 35.9 Å². The van der Waals surface area contributed by atoms with E-state index in [0.29, 0.717) is 22.0 Å². The lowest BCUT2D eigenvalue weighted by Gasteiger charge is -2.07. The van der Waals surface area contributed by atoms with Gasteiger partial charge in [0.1, 0.15) is 5.75 Å². The van der Waals surface area contributed by atoms with Crippen LogP contribution in [0.15, 0.2) is 53.6 Å². The molecule has 26 heavy (non-hydrogen) atoms. The van der Waals surface area contributed by atoms with E-state index < -0.39 is 17.7 Å². The number of nitrogens with one attached hydrogen (secondary N) is 2. The molecule has 0 aromatic heterocycles. The minimum absolute atomic E-state index is 0.294. The van der Waals surface area contributed by atoms with E-state index in [1.54, 1.807) is 48.5 Å². The number of primary amides is 1. The van der Waals surface area contributed by atoms with E-state index in [9.17, 15) is 14.4 Å². The van der Waals surface area contributed by atoms with E-state index in [-0.39, 0.29) is 6.61 Å². The fourth-order valence-electron chi connectivity index (χ4n) is 1.82. The highest BCUT2D eigenvalue weighted by Crippen LogP contribution is 2.20.